The van der Waals surface area contributed by atoms with Crippen LogP contribution < -0.4 is 16.0 Å². The molecule has 8 heterocycles. The number of ether oxygens (including phenoxy) is 13. The lowest BCUT2D eigenvalue weighted by molar-refractivity contribution is -0.357. The molecule has 7 aliphatic heterocycles. The Morgan fingerprint density at radius 1 is 0.293 bits per heavy atom. The van der Waals surface area contributed by atoms with Crippen molar-refractivity contribution < 1.29 is 79.9 Å². The zero-order valence-corrected chi connectivity index (χ0v) is 99.9. The van der Waals surface area contributed by atoms with Crippen LogP contribution >= 0.6 is 0 Å². The van der Waals surface area contributed by atoms with Crippen molar-refractivity contribution >= 4 is 22.8 Å². The van der Waals surface area contributed by atoms with Crippen LogP contribution in [0.3, 0.4) is 0 Å². The molecule has 22 heteroatoms. The second-order valence-electron chi connectivity index (χ2n) is 58.4. The molecule has 818 valence electrons. The Morgan fingerprint density at radius 2 is 0.564 bits per heavy atom. The van der Waals surface area contributed by atoms with Gasteiger partial charge in [0.1, 0.15) is 6.79 Å². The number of benzene rings is 2. The first kappa shape index (κ1) is 132. The molecule has 0 saturated carbocycles. The summed E-state index contributed by atoms with van der Waals surface area (Å²) in [6, 6.07) is 17.1. The van der Waals surface area contributed by atoms with Crippen LogP contribution in [0.15, 0.2) is 48.5 Å². The van der Waals surface area contributed by atoms with E-state index >= 15 is 0 Å². The third kappa shape index (κ3) is 44.8. The largest absolute Gasteiger partial charge is 0.486 e. The molecule has 10 rings (SSSR count). The summed E-state index contributed by atoms with van der Waals surface area (Å²) in [7, 11) is 0. The van der Waals surface area contributed by atoms with Gasteiger partial charge in [-0.3, -0.25) is 19.1 Å². The summed E-state index contributed by atoms with van der Waals surface area (Å²) in [6.07, 6.45) is -2.34. The number of rotatable bonds is 1. The smallest absolute Gasteiger partial charge is 0.377 e. The summed E-state index contributed by atoms with van der Waals surface area (Å²) < 4.78 is 99.6. The van der Waals surface area contributed by atoms with Gasteiger partial charge < -0.3 is 68.1 Å². The van der Waals surface area contributed by atoms with Gasteiger partial charge in [0, 0.05) is 49.7 Å². The number of alkyl halides is 2. The van der Waals surface area contributed by atoms with E-state index in [-0.39, 0.29) is 177 Å². The first-order valence-electron chi connectivity index (χ1n) is 52.8. The van der Waals surface area contributed by atoms with Gasteiger partial charge >= 0.3 is 6.29 Å². The maximum absolute atomic E-state index is 13.1. The van der Waals surface area contributed by atoms with Crippen LogP contribution in [-0.2, 0) is 87.4 Å². The SMILES string of the molecule is CC(C)(C)C1NCCNC(=O)C1C(C)(C)C.CC(C)(C)C1OC(F)(F)OC1C(C)(C)C.CC(C)(C)C1OCCCOC1C(C)(C)C.CC(C)(C)C1OCCNC(=O)C1C(C)(C)C.CC(C)(C)C1OCCOC1C(C)(C)C.CC(C)(C)C1OCCOCCOCCOC1C(C)(C)C.CC(C)(C)C1OCOC1C(C)(C)C.CC(C)(C)c1nc2ccccc2nc1C(C)(C)C.CC(C)c1ccccc1C(C)(C)C. The zero-order chi connectivity index (χ0) is 109. The Balaban J connectivity index is 0.000000534. The Kier molecular flexibility index (Phi) is 49.5. The lowest BCUT2D eigenvalue weighted by atomic mass is 9.68. The summed E-state index contributed by atoms with van der Waals surface area (Å²) in [6.45, 7) is 125. The minimum Gasteiger partial charge on any atom is -0.377 e. The molecule has 14 atom stereocenters. The molecule has 7 aliphatic rings. The second kappa shape index (κ2) is 52.5. The standard InChI is InChI=1S/C16H22N2.C16H32O4.C13H26N2O.C13H25NO2.C13H26O2.C13H20.C12H24O2.C11H20F2O2.C11H22O2/c1-15(2,3)13-14(16(4,5)6)18-12-10-8-7-9-11(12)17-13;1-15(2,3)13-14(16(4,5)6)20-12-10-18-8-7-17-9-11-19-13;1-12(2,3)9-10(13(4,5)6)14-7-8-15-11(9)16;1-12(2,3)9-10(13(4,5)6)16-8-7-14-11(9)15;1-12(2,3)10-11(13(4,5)6)15-9-7-8-14-10;1-10(2)11-8-6-7-9-12(11)13(3,4)5;1-11(2,3)9-10(12(4,5)6)14-8-7-13-9;1-9(2,3)7-8(10(4,5)6)15-11(12,13)14-7;1-10(2,3)8-9(11(4,5)6)13-7-12-8/h7-10H,1-6H3;13-14H,7-12H2,1-6H3;9-10,14H,7-8H2,1-6H3,(H,15,16);9-10H,7-8H2,1-6H3,(H,14,15);10-11H,7-9H2,1-6H3;6-10H,1-5H3;9-10H,7-8H2,1-6H3;7-8H,1-6H3;8-9H,7H2,1-6H3. The normalized spacial score (nSPS) is 25.9. The van der Waals surface area contributed by atoms with Gasteiger partial charge in [0.25, 0.3) is 0 Å². The lowest BCUT2D eigenvalue weighted by Crippen LogP contribution is -2.52. The molecule has 14 unspecified atom stereocenters. The van der Waals surface area contributed by atoms with Gasteiger partial charge in [-0.15, -0.1) is 8.78 Å². The van der Waals surface area contributed by atoms with Gasteiger partial charge in [0.15, 0.2) is 0 Å². The first-order chi connectivity index (χ1) is 62.7. The molecule has 0 bridgehead atoms. The van der Waals surface area contributed by atoms with Crippen LogP contribution in [0.2, 0.25) is 0 Å². The molecule has 7 saturated heterocycles. The molecule has 0 aliphatic carbocycles. The minimum atomic E-state index is -3.45. The highest BCUT2D eigenvalue weighted by atomic mass is 19.3. The fourth-order valence-electron chi connectivity index (χ4n) is 18.4. The number of nitrogens with one attached hydrogen (secondary N) is 3. The van der Waals surface area contributed by atoms with Crippen LogP contribution in [0.4, 0.5) is 8.78 Å². The topological polar surface area (TPSA) is 216 Å². The third-order valence-electron chi connectivity index (χ3n) is 25.6. The molecule has 2 aromatic carbocycles. The van der Waals surface area contributed by atoms with E-state index < -0.39 is 18.5 Å². The van der Waals surface area contributed by atoms with Crippen molar-refractivity contribution in [2.24, 2.45) is 87.6 Å². The van der Waals surface area contributed by atoms with Crippen LogP contribution in [0, 0.1) is 87.6 Å². The van der Waals surface area contributed by atoms with E-state index in [0.29, 0.717) is 65.5 Å². The third-order valence-corrected chi connectivity index (χ3v) is 25.6. The molecule has 7 fully saturated rings. The molecule has 3 N–H and O–H groups in total. The number of carbonyl (C=O) groups is 2. The fourth-order valence-corrected chi connectivity index (χ4v) is 18.4. The van der Waals surface area contributed by atoms with Crippen molar-refractivity contribution in [2.45, 2.75) is 475 Å². The van der Waals surface area contributed by atoms with Crippen molar-refractivity contribution in [3.05, 3.63) is 71.0 Å². The van der Waals surface area contributed by atoms with Crippen LogP contribution in [-0.4, -0.2) is 200 Å². The van der Waals surface area contributed by atoms with Gasteiger partial charge in [-0.2, -0.15) is 0 Å². The molecule has 2 amide bonds. The second-order valence-corrected chi connectivity index (χ2v) is 58.4. The summed E-state index contributed by atoms with van der Waals surface area (Å²) in [5.41, 5.74) is 7.63. The summed E-state index contributed by atoms with van der Waals surface area (Å²) in [5, 5.41) is 9.47. The number of hydrogen-bond donors (Lipinski definition) is 3. The molecule has 1 aromatic heterocycles. The predicted molar refractivity (Wildman–Crippen MR) is 577 cm³/mol. The number of halogens is 2. The Hall–Kier alpha value is -3.98. The van der Waals surface area contributed by atoms with E-state index in [0.717, 1.165) is 68.4 Å². The van der Waals surface area contributed by atoms with E-state index in [1.807, 2.05) is 65.8 Å². The Morgan fingerprint density at radius 3 is 0.850 bits per heavy atom. The van der Waals surface area contributed by atoms with Gasteiger partial charge in [-0.05, 0) is 117 Å². The predicted octanol–water partition coefficient (Wildman–Crippen LogP) is 27.6. The maximum atomic E-state index is 13.1. The fraction of sp³-hybridized carbons (Fsp3) is 0.864. The number of hydrogen-bond acceptors (Lipinski definition) is 18. The van der Waals surface area contributed by atoms with Crippen molar-refractivity contribution in [1.29, 1.82) is 0 Å². The number of aromatic nitrogens is 2. The minimum absolute atomic E-state index is 0.0135. The van der Waals surface area contributed by atoms with Crippen LogP contribution in [0.1, 0.15) is 402 Å². The van der Waals surface area contributed by atoms with E-state index in [9.17, 15) is 18.4 Å². The van der Waals surface area contributed by atoms with Crippen molar-refractivity contribution in [3.8, 4) is 0 Å². The average Bonchev–Trinajstić information content (AvgIpc) is 1.71. The summed E-state index contributed by atoms with van der Waals surface area (Å²) in [4.78, 5) is 34.0. The zero-order valence-electron chi connectivity index (χ0n) is 99.9. The number of amides is 2. The average molecular weight is 1980 g/mol. The summed E-state index contributed by atoms with van der Waals surface area (Å²) in [5.74, 6) is 0.878. The highest BCUT2D eigenvalue weighted by Gasteiger charge is 2.58. The number of fused-ring (bicyclic) bond motifs is 1. The van der Waals surface area contributed by atoms with Gasteiger partial charge in [0.2, 0.25) is 11.8 Å². The van der Waals surface area contributed by atoms with E-state index in [1.54, 1.807) is 0 Å². The Bertz CT molecular complexity index is 3810. The first-order valence-corrected chi connectivity index (χ1v) is 52.8. The number of para-hydroxylation sites is 2. The van der Waals surface area contributed by atoms with Crippen LogP contribution in [0.25, 0.3) is 11.0 Å². The molecule has 0 radical (unpaired) electrons. The van der Waals surface area contributed by atoms with Gasteiger partial charge in [0.05, 0.1) is 161 Å². The number of nitrogens with zero attached hydrogens (tertiary/aromatic N) is 2. The molecular formula is C118H217F2N5O15. The van der Waals surface area contributed by atoms with Crippen molar-refractivity contribution in [2.75, 3.05) is 99.1 Å². The van der Waals surface area contributed by atoms with E-state index in [2.05, 4.69) is 366 Å². The van der Waals surface area contributed by atoms with E-state index in [4.69, 9.17) is 71.5 Å². The maximum Gasteiger partial charge on any atom is 0.486 e. The molecule has 140 heavy (non-hydrogen) atoms. The van der Waals surface area contributed by atoms with Crippen LogP contribution in [0.5, 0.6) is 0 Å². The number of carbonyl (C=O) groups excluding carboxylic acids is 2. The quantitative estimate of drug-likeness (QED) is 0.206. The van der Waals surface area contributed by atoms with Gasteiger partial charge in [-0.1, -0.05) is 403 Å². The monoisotopic (exact) mass is 1980 g/mol. The molecule has 0 spiro atoms. The summed E-state index contributed by atoms with van der Waals surface area (Å²) >= 11 is 0. The highest BCUT2D eigenvalue weighted by Crippen LogP contribution is 2.49. The Labute approximate surface area is 856 Å². The van der Waals surface area contributed by atoms with Crippen molar-refractivity contribution in [3.63, 3.8) is 0 Å². The highest BCUT2D eigenvalue weighted by molar-refractivity contribution is 5.81. The lowest BCUT2D eigenvalue weighted by Gasteiger charge is -2.45. The van der Waals surface area contributed by atoms with Crippen molar-refractivity contribution in [1.82, 2.24) is 25.9 Å². The van der Waals surface area contributed by atoms with Gasteiger partial charge in [-0.25, -0.2) is 9.97 Å². The van der Waals surface area contributed by atoms with E-state index in [1.165, 1.54) is 11.1 Å². The molecular weight excluding hydrogens is 1770 g/mol. The molecule has 20 nitrogen and oxygen atoms in total. The molecule has 3 aromatic rings.